The first kappa shape index (κ1) is 18.5. The third kappa shape index (κ3) is 4.44. The van der Waals surface area contributed by atoms with Gasteiger partial charge in [0.05, 0.1) is 12.8 Å². The number of aromatic nitrogens is 4. The van der Waals surface area contributed by atoms with E-state index in [-0.39, 0.29) is 48.9 Å². The molecule has 0 radical (unpaired) electrons. The standard InChI is InChI=1S/C13H12N6O2.2ClH/c14-13-18-8(10-2-1-5-21-10)6-9(19-13)12(20)17-7-11-15-3-4-16-11;;/h1-6H,7H2,(H,15,16)(H,17,20)(H2,14,18,19);2*1H. The van der Waals surface area contributed by atoms with Crippen LogP contribution in [0.25, 0.3) is 11.5 Å². The van der Waals surface area contributed by atoms with Gasteiger partial charge in [0.2, 0.25) is 5.95 Å². The van der Waals surface area contributed by atoms with Gasteiger partial charge in [-0.3, -0.25) is 4.79 Å². The number of halogens is 2. The Hall–Kier alpha value is -2.58. The highest BCUT2D eigenvalue weighted by molar-refractivity contribution is 5.93. The van der Waals surface area contributed by atoms with E-state index < -0.39 is 0 Å². The van der Waals surface area contributed by atoms with E-state index in [4.69, 9.17) is 10.2 Å². The molecule has 1 amide bonds. The Morgan fingerprint density at radius 3 is 2.83 bits per heavy atom. The van der Waals surface area contributed by atoms with E-state index in [2.05, 4.69) is 25.3 Å². The van der Waals surface area contributed by atoms with Crippen LogP contribution in [-0.2, 0) is 6.54 Å². The monoisotopic (exact) mass is 356 g/mol. The molecule has 3 rings (SSSR count). The Morgan fingerprint density at radius 2 is 2.17 bits per heavy atom. The minimum absolute atomic E-state index is 0. The summed E-state index contributed by atoms with van der Waals surface area (Å²) in [6, 6.07) is 4.98. The number of nitrogens with zero attached hydrogens (tertiary/aromatic N) is 3. The summed E-state index contributed by atoms with van der Waals surface area (Å²) in [7, 11) is 0. The lowest BCUT2D eigenvalue weighted by atomic mass is 10.2. The van der Waals surface area contributed by atoms with E-state index in [1.165, 1.54) is 12.3 Å². The zero-order valence-electron chi connectivity index (χ0n) is 11.7. The van der Waals surface area contributed by atoms with Crippen molar-refractivity contribution in [2.75, 3.05) is 5.73 Å². The third-order valence-electron chi connectivity index (χ3n) is 2.72. The first-order valence-corrected chi connectivity index (χ1v) is 6.17. The molecular formula is C13H14Cl2N6O2. The topological polar surface area (TPSA) is 123 Å². The van der Waals surface area contributed by atoms with Crippen molar-refractivity contribution >= 4 is 36.7 Å². The molecule has 122 valence electrons. The highest BCUT2D eigenvalue weighted by atomic mass is 35.5. The number of nitrogen functional groups attached to an aromatic ring is 1. The minimum Gasteiger partial charge on any atom is -0.463 e. The summed E-state index contributed by atoms with van der Waals surface area (Å²) in [4.78, 5) is 27.0. The van der Waals surface area contributed by atoms with Crippen molar-refractivity contribution in [1.29, 1.82) is 0 Å². The number of anilines is 1. The molecule has 8 nitrogen and oxygen atoms in total. The van der Waals surface area contributed by atoms with Crippen LogP contribution in [0.4, 0.5) is 5.95 Å². The van der Waals surface area contributed by atoms with Gasteiger partial charge in [0.25, 0.3) is 5.91 Å². The van der Waals surface area contributed by atoms with Gasteiger partial charge in [-0.05, 0) is 18.2 Å². The number of imidazole rings is 1. The van der Waals surface area contributed by atoms with Crippen molar-refractivity contribution < 1.29 is 9.21 Å². The summed E-state index contributed by atoms with van der Waals surface area (Å²) in [6.07, 6.45) is 4.81. The molecule has 10 heteroatoms. The van der Waals surface area contributed by atoms with E-state index in [1.807, 2.05) is 0 Å². The second-order valence-electron chi connectivity index (χ2n) is 4.19. The van der Waals surface area contributed by atoms with Crippen LogP contribution in [0.15, 0.2) is 41.3 Å². The third-order valence-corrected chi connectivity index (χ3v) is 2.72. The van der Waals surface area contributed by atoms with Crippen LogP contribution in [0.1, 0.15) is 16.3 Å². The van der Waals surface area contributed by atoms with E-state index in [0.29, 0.717) is 17.3 Å². The number of nitrogens with two attached hydrogens (primary N) is 1. The second-order valence-corrected chi connectivity index (χ2v) is 4.19. The SMILES string of the molecule is Cl.Cl.Nc1nc(C(=O)NCc2ncc[nH]2)cc(-c2ccco2)n1. The Kier molecular flexibility index (Phi) is 6.55. The maximum atomic E-state index is 12.1. The van der Waals surface area contributed by atoms with Crippen molar-refractivity contribution in [1.82, 2.24) is 25.3 Å². The Bertz CT molecular complexity index is 746. The summed E-state index contributed by atoms with van der Waals surface area (Å²) in [5, 5.41) is 2.69. The summed E-state index contributed by atoms with van der Waals surface area (Å²) in [5.74, 6) is 0.807. The predicted octanol–water partition coefficient (Wildman–Crippen LogP) is 1.82. The van der Waals surface area contributed by atoms with Crippen LogP contribution in [0.3, 0.4) is 0 Å². The van der Waals surface area contributed by atoms with Crippen LogP contribution in [-0.4, -0.2) is 25.8 Å². The fourth-order valence-corrected chi connectivity index (χ4v) is 1.78. The molecule has 4 N–H and O–H groups in total. The number of rotatable bonds is 4. The van der Waals surface area contributed by atoms with Crippen LogP contribution >= 0.6 is 24.8 Å². The highest BCUT2D eigenvalue weighted by Crippen LogP contribution is 2.18. The molecule has 0 aromatic carbocycles. The lowest BCUT2D eigenvalue weighted by molar-refractivity contribution is 0.0945. The van der Waals surface area contributed by atoms with Gasteiger partial charge in [0.1, 0.15) is 17.2 Å². The average molecular weight is 357 g/mol. The number of nitrogens with one attached hydrogen (secondary N) is 2. The summed E-state index contributed by atoms with van der Waals surface area (Å²) < 4.78 is 5.24. The highest BCUT2D eigenvalue weighted by Gasteiger charge is 2.13. The summed E-state index contributed by atoms with van der Waals surface area (Å²) >= 11 is 0. The fourth-order valence-electron chi connectivity index (χ4n) is 1.78. The van der Waals surface area contributed by atoms with Gasteiger partial charge in [0, 0.05) is 12.4 Å². The molecule has 0 saturated heterocycles. The van der Waals surface area contributed by atoms with Gasteiger partial charge in [-0.15, -0.1) is 24.8 Å². The van der Waals surface area contributed by atoms with E-state index in [1.54, 1.807) is 24.5 Å². The lowest BCUT2D eigenvalue weighted by Gasteiger charge is -2.05. The molecule has 0 aliphatic heterocycles. The molecular weight excluding hydrogens is 343 g/mol. The smallest absolute Gasteiger partial charge is 0.270 e. The number of carbonyl (C=O) groups excluding carboxylic acids is 1. The van der Waals surface area contributed by atoms with Crippen LogP contribution in [0, 0.1) is 0 Å². The largest absolute Gasteiger partial charge is 0.463 e. The Morgan fingerprint density at radius 1 is 1.35 bits per heavy atom. The van der Waals surface area contributed by atoms with Crippen LogP contribution in [0.5, 0.6) is 0 Å². The maximum Gasteiger partial charge on any atom is 0.270 e. The number of aromatic amines is 1. The summed E-state index contributed by atoms with van der Waals surface area (Å²) in [6.45, 7) is 0.270. The molecule has 23 heavy (non-hydrogen) atoms. The molecule has 0 bridgehead atoms. The zero-order valence-corrected chi connectivity index (χ0v) is 13.4. The molecule has 3 aromatic heterocycles. The maximum absolute atomic E-state index is 12.1. The van der Waals surface area contributed by atoms with Crippen LogP contribution < -0.4 is 11.1 Å². The van der Waals surface area contributed by atoms with Crippen molar-refractivity contribution in [3.8, 4) is 11.5 Å². The fraction of sp³-hybridized carbons (Fsp3) is 0.0769. The quantitative estimate of drug-likeness (QED) is 0.655. The number of hydrogen-bond acceptors (Lipinski definition) is 6. The molecule has 3 aromatic rings. The predicted molar refractivity (Wildman–Crippen MR) is 88.4 cm³/mol. The molecule has 0 fully saturated rings. The Balaban J connectivity index is 0.00000132. The van der Waals surface area contributed by atoms with E-state index >= 15 is 0 Å². The molecule has 0 unspecified atom stereocenters. The Labute approximate surface area is 143 Å². The molecule has 0 aliphatic rings. The first-order chi connectivity index (χ1) is 10.2. The minimum atomic E-state index is -0.367. The molecule has 0 atom stereocenters. The molecule has 0 spiro atoms. The van der Waals surface area contributed by atoms with Crippen molar-refractivity contribution in [3.63, 3.8) is 0 Å². The number of amides is 1. The van der Waals surface area contributed by atoms with E-state index in [0.717, 1.165) is 0 Å². The average Bonchev–Trinajstić information content (AvgIpc) is 3.17. The van der Waals surface area contributed by atoms with Gasteiger partial charge in [-0.1, -0.05) is 0 Å². The number of H-pyrrole nitrogens is 1. The zero-order chi connectivity index (χ0) is 14.7. The molecule has 0 saturated carbocycles. The number of furan rings is 1. The van der Waals surface area contributed by atoms with Crippen LogP contribution in [0.2, 0.25) is 0 Å². The number of carbonyl (C=O) groups is 1. The first-order valence-electron chi connectivity index (χ1n) is 6.17. The van der Waals surface area contributed by atoms with Gasteiger partial charge in [-0.2, -0.15) is 0 Å². The lowest BCUT2D eigenvalue weighted by Crippen LogP contribution is -2.25. The van der Waals surface area contributed by atoms with Crippen molar-refractivity contribution in [2.24, 2.45) is 0 Å². The van der Waals surface area contributed by atoms with Gasteiger partial charge >= 0.3 is 0 Å². The van der Waals surface area contributed by atoms with E-state index in [9.17, 15) is 4.79 Å². The van der Waals surface area contributed by atoms with Crippen molar-refractivity contribution in [2.45, 2.75) is 6.54 Å². The summed E-state index contributed by atoms with van der Waals surface area (Å²) in [5.41, 5.74) is 6.25. The van der Waals surface area contributed by atoms with Crippen molar-refractivity contribution in [3.05, 3.63) is 48.4 Å². The molecule has 3 heterocycles. The normalized spacial score (nSPS) is 9.57. The van der Waals surface area contributed by atoms with Gasteiger partial charge in [-0.25, -0.2) is 15.0 Å². The van der Waals surface area contributed by atoms with Gasteiger partial charge < -0.3 is 20.5 Å². The molecule has 0 aliphatic carbocycles. The number of hydrogen-bond donors (Lipinski definition) is 3. The second kappa shape index (κ2) is 8.16. The van der Waals surface area contributed by atoms with Gasteiger partial charge in [0.15, 0.2) is 5.76 Å².